The summed E-state index contributed by atoms with van der Waals surface area (Å²) in [5, 5.41) is 5.45. The highest BCUT2D eigenvalue weighted by Gasteiger charge is 2.27. The van der Waals surface area contributed by atoms with Crippen LogP contribution in [-0.2, 0) is 9.59 Å². The van der Waals surface area contributed by atoms with Gasteiger partial charge in [0.25, 0.3) is 0 Å². The Hall–Kier alpha value is -2.80. The number of carbonyl (C=O) groups is 2. The predicted octanol–water partition coefficient (Wildman–Crippen LogP) is 3.25. The summed E-state index contributed by atoms with van der Waals surface area (Å²) in [5.74, 6) is -2.56. The SMILES string of the molecule is O=C(CN1CCCC(C(=O)Nc2ccccc2)C1)Nc1ccc(F)c(F)c1. The average Bonchev–Trinajstić information content (AvgIpc) is 2.66. The van der Waals surface area contributed by atoms with Crippen molar-refractivity contribution in [1.82, 2.24) is 4.90 Å². The summed E-state index contributed by atoms with van der Waals surface area (Å²) in [6, 6.07) is 12.5. The lowest BCUT2D eigenvalue weighted by molar-refractivity contribution is -0.123. The Morgan fingerprint density at radius 3 is 2.52 bits per heavy atom. The molecule has 0 saturated carbocycles. The van der Waals surface area contributed by atoms with Gasteiger partial charge in [-0.2, -0.15) is 0 Å². The Balaban J connectivity index is 1.52. The van der Waals surface area contributed by atoms with Gasteiger partial charge in [-0.1, -0.05) is 18.2 Å². The third kappa shape index (κ3) is 5.34. The van der Waals surface area contributed by atoms with Crippen LogP contribution in [0, 0.1) is 17.6 Å². The zero-order valence-electron chi connectivity index (χ0n) is 14.8. The molecule has 7 heteroatoms. The first kappa shape index (κ1) is 19.0. The molecule has 5 nitrogen and oxygen atoms in total. The molecule has 2 N–H and O–H groups in total. The van der Waals surface area contributed by atoms with E-state index in [1.165, 1.54) is 6.07 Å². The lowest BCUT2D eigenvalue weighted by atomic mass is 9.97. The van der Waals surface area contributed by atoms with Crippen LogP contribution < -0.4 is 10.6 Å². The van der Waals surface area contributed by atoms with Gasteiger partial charge in [0.1, 0.15) is 0 Å². The van der Waals surface area contributed by atoms with E-state index in [2.05, 4.69) is 10.6 Å². The second kappa shape index (κ2) is 8.73. The third-order valence-electron chi connectivity index (χ3n) is 4.49. The first-order chi connectivity index (χ1) is 13.0. The van der Waals surface area contributed by atoms with Crippen LogP contribution in [0.1, 0.15) is 12.8 Å². The van der Waals surface area contributed by atoms with E-state index in [9.17, 15) is 18.4 Å². The number of likely N-dealkylation sites (tertiary alicyclic amines) is 1. The largest absolute Gasteiger partial charge is 0.326 e. The van der Waals surface area contributed by atoms with Gasteiger partial charge < -0.3 is 10.6 Å². The minimum Gasteiger partial charge on any atom is -0.326 e. The molecule has 1 aliphatic rings. The molecule has 2 aromatic rings. The molecular weight excluding hydrogens is 352 g/mol. The summed E-state index contributed by atoms with van der Waals surface area (Å²) >= 11 is 0. The first-order valence-electron chi connectivity index (χ1n) is 8.84. The van der Waals surface area contributed by atoms with Gasteiger partial charge in [0.2, 0.25) is 11.8 Å². The molecule has 0 aromatic heterocycles. The van der Waals surface area contributed by atoms with Crippen molar-refractivity contribution in [3.63, 3.8) is 0 Å². The molecule has 2 amide bonds. The maximum atomic E-state index is 13.2. The lowest BCUT2D eigenvalue weighted by Gasteiger charge is -2.31. The average molecular weight is 373 g/mol. The number of benzene rings is 2. The molecule has 0 spiro atoms. The zero-order chi connectivity index (χ0) is 19.2. The van der Waals surface area contributed by atoms with E-state index in [0.717, 1.165) is 30.7 Å². The van der Waals surface area contributed by atoms with Crippen LogP contribution in [0.2, 0.25) is 0 Å². The van der Waals surface area contributed by atoms with Crippen LogP contribution in [0.3, 0.4) is 0 Å². The molecule has 1 saturated heterocycles. The molecule has 1 fully saturated rings. The van der Waals surface area contributed by atoms with Gasteiger partial charge in [-0.25, -0.2) is 8.78 Å². The predicted molar refractivity (Wildman–Crippen MR) is 99.2 cm³/mol. The maximum Gasteiger partial charge on any atom is 0.238 e. The van der Waals surface area contributed by atoms with E-state index in [1.54, 1.807) is 0 Å². The maximum absolute atomic E-state index is 13.2. The number of anilines is 2. The van der Waals surface area contributed by atoms with Crippen molar-refractivity contribution >= 4 is 23.2 Å². The Kier molecular flexibility index (Phi) is 6.13. The molecule has 3 rings (SSSR count). The van der Waals surface area contributed by atoms with Crippen LogP contribution in [-0.4, -0.2) is 36.3 Å². The molecule has 1 aliphatic heterocycles. The van der Waals surface area contributed by atoms with Crippen LogP contribution in [0.15, 0.2) is 48.5 Å². The summed E-state index contributed by atoms with van der Waals surface area (Å²) in [7, 11) is 0. The number of piperidine rings is 1. The number of hydrogen-bond acceptors (Lipinski definition) is 3. The summed E-state index contributed by atoms with van der Waals surface area (Å²) < 4.78 is 26.2. The van der Waals surface area contributed by atoms with E-state index < -0.39 is 11.6 Å². The van der Waals surface area contributed by atoms with Crippen molar-refractivity contribution in [3.05, 3.63) is 60.2 Å². The highest BCUT2D eigenvalue weighted by atomic mass is 19.2. The van der Waals surface area contributed by atoms with Crippen LogP contribution in [0.5, 0.6) is 0 Å². The standard InChI is InChI=1S/C20H21F2N3O2/c21-17-9-8-16(11-18(17)22)23-19(26)13-25-10-4-5-14(12-25)20(27)24-15-6-2-1-3-7-15/h1-3,6-9,11,14H,4-5,10,12-13H2,(H,23,26)(H,24,27). The zero-order valence-corrected chi connectivity index (χ0v) is 14.8. The minimum atomic E-state index is -1.01. The quantitative estimate of drug-likeness (QED) is 0.846. The monoisotopic (exact) mass is 373 g/mol. The number of halogens is 2. The fourth-order valence-electron chi connectivity index (χ4n) is 3.16. The Labute approximate surface area is 156 Å². The van der Waals surface area contributed by atoms with Crippen LogP contribution >= 0.6 is 0 Å². The van der Waals surface area contributed by atoms with Crippen molar-refractivity contribution in [2.24, 2.45) is 5.92 Å². The van der Waals surface area contributed by atoms with Crippen LogP contribution in [0.4, 0.5) is 20.2 Å². The second-order valence-electron chi connectivity index (χ2n) is 6.61. The first-order valence-corrected chi connectivity index (χ1v) is 8.84. The van der Waals surface area contributed by atoms with Crippen molar-refractivity contribution in [2.45, 2.75) is 12.8 Å². The van der Waals surface area contributed by atoms with Crippen LogP contribution in [0.25, 0.3) is 0 Å². The molecule has 2 aromatic carbocycles. The Morgan fingerprint density at radius 1 is 1.00 bits per heavy atom. The van der Waals surface area contributed by atoms with E-state index in [0.29, 0.717) is 13.1 Å². The molecule has 142 valence electrons. The summed E-state index contributed by atoms with van der Waals surface area (Å²) in [4.78, 5) is 26.5. The number of nitrogens with one attached hydrogen (secondary N) is 2. The number of amides is 2. The van der Waals surface area contributed by atoms with Gasteiger partial charge in [-0.05, 0) is 43.7 Å². The van der Waals surface area contributed by atoms with Crippen molar-refractivity contribution in [3.8, 4) is 0 Å². The molecule has 0 aliphatic carbocycles. The summed E-state index contributed by atoms with van der Waals surface area (Å²) in [6.07, 6.45) is 1.57. The lowest BCUT2D eigenvalue weighted by Crippen LogP contribution is -2.44. The number of rotatable bonds is 5. The number of nitrogens with zero attached hydrogens (tertiary/aromatic N) is 1. The molecule has 1 heterocycles. The molecule has 0 bridgehead atoms. The normalized spacial score (nSPS) is 17.3. The van der Waals surface area contributed by atoms with Gasteiger partial charge >= 0.3 is 0 Å². The van der Waals surface area contributed by atoms with E-state index >= 15 is 0 Å². The Morgan fingerprint density at radius 2 is 1.78 bits per heavy atom. The number of para-hydroxylation sites is 1. The minimum absolute atomic E-state index is 0.0630. The van der Waals surface area contributed by atoms with Gasteiger partial charge in [0.05, 0.1) is 12.5 Å². The molecule has 0 radical (unpaired) electrons. The highest BCUT2D eigenvalue weighted by Crippen LogP contribution is 2.19. The third-order valence-corrected chi connectivity index (χ3v) is 4.49. The van der Waals surface area contributed by atoms with E-state index in [1.807, 2.05) is 35.2 Å². The van der Waals surface area contributed by atoms with Crippen molar-refractivity contribution in [2.75, 3.05) is 30.3 Å². The Bertz CT molecular complexity index is 814. The van der Waals surface area contributed by atoms with Gasteiger partial charge in [0.15, 0.2) is 11.6 Å². The molecule has 1 unspecified atom stereocenters. The highest BCUT2D eigenvalue weighted by molar-refractivity contribution is 5.93. The van der Waals surface area contributed by atoms with Crippen molar-refractivity contribution < 1.29 is 18.4 Å². The van der Waals surface area contributed by atoms with Gasteiger partial charge in [-0.3, -0.25) is 14.5 Å². The number of carbonyl (C=O) groups excluding carboxylic acids is 2. The topological polar surface area (TPSA) is 61.4 Å². The van der Waals surface area contributed by atoms with Gasteiger partial charge in [-0.15, -0.1) is 0 Å². The van der Waals surface area contributed by atoms with Crippen molar-refractivity contribution in [1.29, 1.82) is 0 Å². The fourth-order valence-corrected chi connectivity index (χ4v) is 3.16. The van der Waals surface area contributed by atoms with Gasteiger partial charge in [0, 0.05) is 24.0 Å². The smallest absolute Gasteiger partial charge is 0.238 e. The summed E-state index contributed by atoms with van der Waals surface area (Å²) in [5.41, 5.74) is 0.949. The van der Waals surface area contributed by atoms with E-state index in [4.69, 9.17) is 0 Å². The molecular formula is C20H21F2N3O2. The number of hydrogen-bond donors (Lipinski definition) is 2. The second-order valence-corrected chi connectivity index (χ2v) is 6.61. The molecule has 27 heavy (non-hydrogen) atoms. The van der Waals surface area contributed by atoms with E-state index in [-0.39, 0.29) is 30.0 Å². The fraction of sp³-hybridized carbons (Fsp3) is 0.300. The molecule has 1 atom stereocenters. The summed E-state index contributed by atoms with van der Waals surface area (Å²) in [6.45, 7) is 1.28.